The third-order valence-electron chi connectivity index (χ3n) is 3.48. The number of thiophene rings is 1. The summed E-state index contributed by atoms with van der Waals surface area (Å²) >= 11 is 1.84. The van der Waals surface area contributed by atoms with Gasteiger partial charge in [0.05, 0.1) is 0 Å². The highest BCUT2D eigenvalue weighted by molar-refractivity contribution is 7.09. The van der Waals surface area contributed by atoms with Crippen LogP contribution in [0.2, 0.25) is 0 Å². The standard InChI is InChI=1S/C15H18N2S/c1-17(11-13-5-4-8-18-13)10-12-9-16-15-7-3-2-6-14(12)15/h2-8,12,16H,9-11H2,1H3. The Hall–Kier alpha value is -1.32. The molecule has 1 unspecified atom stereocenters. The number of hydrogen-bond acceptors (Lipinski definition) is 3. The van der Waals surface area contributed by atoms with Gasteiger partial charge in [0.15, 0.2) is 0 Å². The van der Waals surface area contributed by atoms with Crippen LogP contribution in [0.15, 0.2) is 41.8 Å². The van der Waals surface area contributed by atoms with Crippen molar-refractivity contribution in [2.45, 2.75) is 12.5 Å². The molecule has 0 saturated heterocycles. The minimum Gasteiger partial charge on any atom is -0.384 e. The Morgan fingerprint density at radius 1 is 1.28 bits per heavy atom. The summed E-state index contributed by atoms with van der Waals surface area (Å²) in [5, 5.41) is 5.64. The van der Waals surface area contributed by atoms with E-state index in [4.69, 9.17) is 0 Å². The van der Waals surface area contributed by atoms with Crippen molar-refractivity contribution >= 4 is 17.0 Å². The van der Waals surface area contributed by atoms with Crippen LogP contribution < -0.4 is 5.32 Å². The van der Waals surface area contributed by atoms with Crippen LogP contribution in [0, 0.1) is 0 Å². The summed E-state index contributed by atoms with van der Waals surface area (Å²) in [6.45, 7) is 3.23. The number of para-hydroxylation sites is 1. The quantitative estimate of drug-likeness (QED) is 0.904. The Morgan fingerprint density at radius 2 is 2.17 bits per heavy atom. The van der Waals surface area contributed by atoms with E-state index in [0.29, 0.717) is 5.92 Å². The van der Waals surface area contributed by atoms with Crippen LogP contribution in [0.5, 0.6) is 0 Å². The van der Waals surface area contributed by atoms with Crippen LogP contribution in [0.4, 0.5) is 5.69 Å². The van der Waals surface area contributed by atoms with Crippen LogP contribution in [0.25, 0.3) is 0 Å². The van der Waals surface area contributed by atoms with Gasteiger partial charge in [0.1, 0.15) is 0 Å². The molecule has 0 radical (unpaired) electrons. The molecule has 0 spiro atoms. The van der Waals surface area contributed by atoms with Gasteiger partial charge in [-0.05, 0) is 30.1 Å². The van der Waals surface area contributed by atoms with Crippen molar-refractivity contribution in [1.29, 1.82) is 0 Å². The first-order valence-electron chi connectivity index (χ1n) is 6.36. The summed E-state index contributed by atoms with van der Waals surface area (Å²) in [6.07, 6.45) is 0. The predicted molar refractivity (Wildman–Crippen MR) is 78.3 cm³/mol. The van der Waals surface area contributed by atoms with Crippen molar-refractivity contribution in [2.75, 3.05) is 25.5 Å². The molecule has 0 bridgehead atoms. The van der Waals surface area contributed by atoms with Crippen LogP contribution in [0.3, 0.4) is 0 Å². The van der Waals surface area contributed by atoms with Crippen LogP contribution >= 0.6 is 11.3 Å². The summed E-state index contributed by atoms with van der Waals surface area (Å²) in [4.78, 5) is 3.86. The van der Waals surface area contributed by atoms with E-state index in [1.165, 1.54) is 16.1 Å². The predicted octanol–water partition coefficient (Wildman–Crippen LogP) is 3.39. The maximum absolute atomic E-state index is 3.49. The maximum Gasteiger partial charge on any atom is 0.0376 e. The highest BCUT2D eigenvalue weighted by atomic mass is 32.1. The lowest BCUT2D eigenvalue weighted by molar-refractivity contribution is 0.312. The van der Waals surface area contributed by atoms with Gasteiger partial charge < -0.3 is 10.2 Å². The molecule has 18 heavy (non-hydrogen) atoms. The summed E-state index contributed by atoms with van der Waals surface area (Å²) in [5.74, 6) is 0.617. The van der Waals surface area contributed by atoms with E-state index in [-0.39, 0.29) is 0 Å². The summed E-state index contributed by atoms with van der Waals surface area (Å²) in [7, 11) is 2.21. The van der Waals surface area contributed by atoms with Crippen LogP contribution in [-0.4, -0.2) is 25.0 Å². The van der Waals surface area contributed by atoms with Gasteiger partial charge in [0.2, 0.25) is 0 Å². The number of anilines is 1. The molecule has 1 aromatic heterocycles. The molecule has 1 aromatic carbocycles. The molecule has 0 fully saturated rings. The van der Waals surface area contributed by atoms with E-state index in [2.05, 4.69) is 59.0 Å². The zero-order valence-corrected chi connectivity index (χ0v) is 11.4. The van der Waals surface area contributed by atoms with Gasteiger partial charge in [0.25, 0.3) is 0 Å². The molecule has 1 N–H and O–H groups in total. The van der Waals surface area contributed by atoms with E-state index in [1.54, 1.807) is 0 Å². The molecule has 3 rings (SSSR count). The minimum atomic E-state index is 0.617. The molecular weight excluding hydrogens is 240 g/mol. The van der Waals surface area contributed by atoms with Crippen LogP contribution in [-0.2, 0) is 6.54 Å². The van der Waals surface area contributed by atoms with Crippen molar-refractivity contribution < 1.29 is 0 Å². The van der Waals surface area contributed by atoms with Gasteiger partial charge in [-0.15, -0.1) is 11.3 Å². The van der Waals surface area contributed by atoms with E-state index < -0.39 is 0 Å². The molecule has 94 valence electrons. The fourth-order valence-electron chi connectivity index (χ4n) is 2.63. The second kappa shape index (κ2) is 5.12. The maximum atomic E-state index is 3.49. The van der Waals surface area contributed by atoms with E-state index in [9.17, 15) is 0 Å². The normalized spacial score (nSPS) is 17.8. The lowest BCUT2D eigenvalue weighted by Gasteiger charge is -2.20. The van der Waals surface area contributed by atoms with Gasteiger partial charge in [-0.1, -0.05) is 24.3 Å². The lowest BCUT2D eigenvalue weighted by atomic mass is 10.0. The minimum absolute atomic E-state index is 0.617. The fraction of sp³-hybridized carbons (Fsp3) is 0.333. The molecule has 0 amide bonds. The first kappa shape index (κ1) is 11.8. The number of nitrogens with zero attached hydrogens (tertiary/aromatic N) is 1. The summed E-state index contributed by atoms with van der Waals surface area (Å²) in [5.41, 5.74) is 2.78. The van der Waals surface area contributed by atoms with Crippen molar-refractivity contribution in [3.05, 3.63) is 52.2 Å². The van der Waals surface area contributed by atoms with Gasteiger partial charge in [-0.2, -0.15) is 0 Å². The lowest BCUT2D eigenvalue weighted by Crippen LogP contribution is -2.24. The van der Waals surface area contributed by atoms with Crippen molar-refractivity contribution in [1.82, 2.24) is 4.90 Å². The first-order valence-corrected chi connectivity index (χ1v) is 7.24. The summed E-state index contributed by atoms with van der Waals surface area (Å²) in [6, 6.07) is 13.0. The van der Waals surface area contributed by atoms with Gasteiger partial charge in [-0.3, -0.25) is 0 Å². The third-order valence-corrected chi connectivity index (χ3v) is 4.34. The van der Waals surface area contributed by atoms with Gasteiger partial charge in [0, 0.05) is 36.1 Å². The Labute approximate surface area is 112 Å². The number of rotatable bonds is 4. The van der Waals surface area contributed by atoms with Crippen molar-refractivity contribution in [2.24, 2.45) is 0 Å². The second-order valence-corrected chi connectivity index (χ2v) is 5.97. The fourth-order valence-corrected chi connectivity index (χ4v) is 3.41. The molecule has 0 aliphatic carbocycles. The van der Waals surface area contributed by atoms with E-state index >= 15 is 0 Å². The number of fused-ring (bicyclic) bond motifs is 1. The van der Waals surface area contributed by atoms with E-state index in [0.717, 1.165) is 19.6 Å². The van der Waals surface area contributed by atoms with Gasteiger partial charge >= 0.3 is 0 Å². The highest BCUT2D eigenvalue weighted by Crippen LogP contribution is 2.31. The van der Waals surface area contributed by atoms with Crippen molar-refractivity contribution in [3.63, 3.8) is 0 Å². The molecule has 3 heteroatoms. The number of hydrogen-bond donors (Lipinski definition) is 1. The zero-order chi connectivity index (χ0) is 12.4. The molecule has 2 nitrogen and oxygen atoms in total. The molecule has 1 aliphatic heterocycles. The van der Waals surface area contributed by atoms with Gasteiger partial charge in [-0.25, -0.2) is 0 Å². The SMILES string of the molecule is CN(Cc1cccs1)CC1CNc2ccccc21. The molecule has 0 saturated carbocycles. The molecule has 1 atom stereocenters. The third kappa shape index (κ3) is 2.42. The molecule has 1 aliphatic rings. The number of nitrogens with one attached hydrogen (secondary N) is 1. The molecular formula is C15H18N2S. The van der Waals surface area contributed by atoms with Crippen LogP contribution in [0.1, 0.15) is 16.4 Å². The zero-order valence-electron chi connectivity index (χ0n) is 10.6. The number of likely N-dealkylation sites (N-methyl/N-ethyl adjacent to an activating group) is 1. The topological polar surface area (TPSA) is 15.3 Å². The smallest absolute Gasteiger partial charge is 0.0376 e. The second-order valence-electron chi connectivity index (χ2n) is 4.94. The first-order chi connectivity index (χ1) is 8.83. The molecule has 2 heterocycles. The Morgan fingerprint density at radius 3 is 3.00 bits per heavy atom. The Kier molecular flexibility index (Phi) is 3.35. The highest BCUT2D eigenvalue weighted by Gasteiger charge is 2.22. The average Bonchev–Trinajstić information content (AvgIpc) is 3.00. The number of benzene rings is 1. The molecule has 2 aromatic rings. The van der Waals surface area contributed by atoms with E-state index in [1.807, 2.05) is 11.3 Å². The largest absolute Gasteiger partial charge is 0.384 e. The monoisotopic (exact) mass is 258 g/mol. The van der Waals surface area contributed by atoms with Crippen molar-refractivity contribution in [3.8, 4) is 0 Å². The Bertz CT molecular complexity index is 507. The summed E-state index contributed by atoms with van der Waals surface area (Å²) < 4.78 is 0. The Balaban J connectivity index is 1.64. The average molecular weight is 258 g/mol.